The molecule has 2 unspecified atom stereocenters. The van der Waals surface area contributed by atoms with Gasteiger partial charge in [0.1, 0.15) is 34.6 Å². The minimum absolute atomic E-state index is 0.0407. The molecule has 2 atom stereocenters. The average Bonchev–Trinajstić information content (AvgIpc) is 3.65. The zero-order valence-corrected chi connectivity index (χ0v) is 28.0. The number of halogens is 4. The Morgan fingerprint density at radius 3 is 2.37 bits per heavy atom. The van der Waals surface area contributed by atoms with Crippen LogP contribution < -0.4 is 41.7 Å². The highest BCUT2D eigenvalue weighted by molar-refractivity contribution is 6.64. The van der Waals surface area contributed by atoms with Crippen LogP contribution in [-0.4, -0.2) is 41.1 Å². The smallest absolute Gasteiger partial charge is 0.518 e. The highest BCUT2D eigenvalue weighted by Gasteiger charge is 2.50. The van der Waals surface area contributed by atoms with E-state index in [-0.39, 0.29) is 41.2 Å². The molecule has 1 aromatic heterocycles. The molecular weight excluding hydrogens is 692 g/mol. The second kappa shape index (κ2) is 14.0. The molecule has 3 aromatic carbocycles. The predicted molar refractivity (Wildman–Crippen MR) is 182 cm³/mol. The summed E-state index contributed by atoms with van der Waals surface area (Å²) in [6.45, 7) is 3.47. The van der Waals surface area contributed by atoms with Gasteiger partial charge in [0, 0.05) is 30.1 Å². The highest BCUT2D eigenvalue weighted by atomic mass is 35.5. The molecule has 4 N–H and O–H groups in total. The van der Waals surface area contributed by atoms with Gasteiger partial charge in [0.2, 0.25) is 5.91 Å². The van der Waals surface area contributed by atoms with Crippen molar-refractivity contribution < 1.29 is 36.9 Å². The molecule has 0 aliphatic carbocycles. The Labute approximate surface area is 294 Å². The molecular formula is C34H31BClF3N6O6. The van der Waals surface area contributed by atoms with Gasteiger partial charge in [-0.25, -0.2) is 9.78 Å². The van der Waals surface area contributed by atoms with Crippen molar-refractivity contribution in [2.75, 3.05) is 11.9 Å². The van der Waals surface area contributed by atoms with Gasteiger partial charge in [-0.1, -0.05) is 42.8 Å². The number of nitrogens with zero attached hydrogens (tertiary/aromatic N) is 2. The fourth-order valence-electron chi connectivity index (χ4n) is 5.93. The minimum Gasteiger partial charge on any atom is -0.518 e. The molecule has 4 aromatic rings. The molecule has 2 aliphatic heterocycles. The van der Waals surface area contributed by atoms with E-state index in [2.05, 4.69) is 21.3 Å². The van der Waals surface area contributed by atoms with Gasteiger partial charge in [0.15, 0.2) is 0 Å². The maximum absolute atomic E-state index is 14.5. The van der Waals surface area contributed by atoms with E-state index in [1.165, 1.54) is 36.4 Å². The third-order valence-electron chi connectivity index (χ3n) is 8.39. The van der Waals surface area contributed by atoms with E-state index in [1.54, 1.807) is 31.2 Å². The van der Waals surface area contributed by atoms with E-state index in [9.17, 15) is 32.3 Å². The summed E-state index contributed by atoms with van der Waals surface area (Å²) in [5.74, 6) is -0.588. The van der Waals surface area contributed by atoms with E-state index in [1.807, 2.05) is 6.92 Å². The number of hydrogen-bond acceptors (Lipinski definition) is 8. The summed E-state index contributed by atoms with van der Waals surface area (Å²) in [4.78, 5) is 58.9. The number of alkyl halides is 3. The van der Waals surface area contributed by atoms with Crippen LogP contribution in [0.15, 0.2) is 77.6 Å². The molecule has 6 rings (SSSR count). The van der Waals surface area contributed by atoms with Crippen LogP contribution >= 0.6 is 11.6 Å². The second-order valence-electron chi connectivity index (χ2n) is 12.2. The number of aromatic nitrogens is 2. The summed E-state index contributed by atoms with van der Waals surface area (Å²) in [6.07, 6.45) is -4.13. The van der Waals surface area contributed by atoms with Crippen molar-refractivity contribution in [1.82, 2.24) is 25.5 Å². The number of para-hydroxylation sites is 2. The first-order valence-electron chi connectivity index (χ1n) is 15.9. The lowest BCUT2D eigenvalue weighted by Gasteiger charge is -2.26. The lowest BCUT2D eigenvalue weighted by Crippen LogP contribution is -2.52. The van der Waals surface area contributed by atoms with E-state index >= 15 is 0 Å². The van der Waals surface area contributed by atoms with E-state index < -0.39 is 53.8 Å². The van der Waals surface area contributed by atoms with Crippen LogP contribution in [0.3, 0.4) is 0 Å². The van der Waals surface area contributed by atoms with Crippen molar-refractivity contribution in [1.29, 1.82) is 0 Å². The van der Waals surface area contributed by atoms with Gasteiger partial charge in [-0.15, -0.1) is 0 Å². The van der Waals surface area contributed by atoms with Crippen LogP contribution in [0.1, 0.15) is 60.0 Å². The Morgan fingerprint density at radius 1 is 1.04 bits per heavy atom. The molecule has 0 saturated heterocycles. The van der Waals surface area contributed by atoms with Crippen LogP contribution in [0.2, 0.25) is 5.02 Å². The maximum atomic E-state index is 14.5. The molecule has 0 radical (unpaired) electrons. The second-order valence-corrected chi connectivity index (χ2v) is 12.6. The first kappa shape index (κ1) is 35.3. The number of amides is 4. The topological polar surface area (TPSA) is 153 Å². The Kier molecular flexibility index (Phi) is 9.71. The van der Waals surface area contributed by atoms with Crippen molar-refractivity contribution in [2.45, 2.75) is 51.0 Å². The highest BCUT2D eigenvalue weighted by Crippen LogP contribution is 2.38. The van der Waals surface area contributed by atoms with Crippen molar-refractivity contribution in [3.63, 3.8) is 0 Å². The van der Waals surface area contributed by atoms with E-state index in [0.29, 0.717) is 29.5 Å². The molecule has 4 amide bonds. The summed E-state index contributed by atoms with van der Waals surface area (Å²) in [5.41, 5.74) is -3.02. The third-order valence-corrected chi connectivity index (χ3v) is 8.64. The Bertz CT molecular complexity index is 2040. The zero-order valence-electron chi connectivity index (χ0n) is 27.3. The molecule has 3 heterocycles. The van der Waals surface area contributed by atoms with Gasteiger partial charge in [0.05, 0.1) is 11.1 Å². The molecule has 264 valence electrons. The summed E-state index contributed by atoms with van der Waals surface area (Å²) in [5, 5.41) is 11.1. The van der Waals surface area contributed by atoms with Gasteiger partial charge < -0.3 is 25.3 Å². The van der Waals surface area contributed by atoms with Gasteiger partial charge in [-0.05, 0) is 67.4 Å². The van der Waals surface area contributed by atoms with Crippen LogP contribution in [-0.2, 0) is 23.1 Å². The Balaban J connectivity index is 1.40. The molecule has 2 aliphatic rings. The monoisotopic (exact) mass is 722 g/mol. The number of carbonyl (C=O) groups is 3. The summed E-state index contributed by atoms with van der Waals surface area (Å²) in [6, 6.07) is 15.1. The first-order valence-corrected chi connectivity index (χ1v) is 16.3. The molecule has 0 saturated carbocycles. The molecule has 0 bridgehead atoms. The maximum Gasteiger partial charge on any atom is 0.655 e. The number of imide groups is 1. The Morgan fingerprint density at radius 2 is 1.73 bits per heavy atom. The molecule has 0 fully saturated rings. The minimum atomic E-state index is -4.59. The standard InChI is InChI=1S/C34H31BClF3N6O6/c1-3-15-40-29(47)23-17-33(2,44-32(49)43-28(46)20-11-13-22(36)14-12-20)31-42-27(35-50-24-9-4-5-10-25(24)51-35)26(30(48)45(23)31)41-18-19-7-6-8-21(16-19)34(37,38)39/h4-14,16,23,41H,3,15,17-18H2,1-2H3,(H,40,47)(H2,43,44,46,49). The average molecular weight is 723 g/mol. The number of hydrogen-bond donors (Lipinski definition) is 4. The van der Waals surface area contributed by atoms with Crippen LogP contribution in [0.25, 0.3) is 0 Å². The van der Waals surface area contributed by atoms with Crippen molar-refractivity contribution in [3.8, 4) is 11.5 Å². The zero-order chi connectivity index (χ0) is 36.5. The lowest BCUT2D eigenvalue weighted by atomic mass is 9.82. The quantitative estimate of drug-likeness (QED) is 0.184. The SMILES string of the molecule is CCCNC(=O)C1CC(C)(NC(=O)NC(=O)c2ccc(Cl)cc2)c2nc(B3Oc4ccccc4O3)c(NCc3cccc(C(F)(F)F)c3)c(=O)n21. The summed E-state index contributed by atoms with van der Waals surface area (Å²) < 4.78 is 53.5. The number of fused-ring (bicyclic) bond motifs is 2. The van der Waals surface area contributed by atoms with Crippen molar-refractivity contribution >= 4 is 47.8 Å². The van der Waals surface area contributed by atoms with Crippen LogP contribution in [0, 0.1) is 0 Å². The molecule has 17 heteroatoms. The number of benzene rings is 3. The van der Waals surface area contributed by atoms with Crippen LogP contribution in [0.5, 0.6) is 11.5 Å². The third kappa shape index (κ3) is 7.36. The number of rotatable bonds is 9. The molecule has 12 nitrogen and oxygen atoms in total. The first-order chi connectivity index (χ1) is 24.3. The van der Waals surface area contributed by atoms with Gasteiger partial charge in [-0.3, -0.25) is 24.3 Å². The van der Waals surface area contributed by atoms with Gasteiger partial charge >= 0.3 is 19.3 Å². The molecule has 51 heavy (non-hydrogen) atoms. The normalized spacial score (nSPS) is 17.5. The lowest BCUT2D eigenvalue weighted by molar-refractivity contribution is -0.137. The Hall–Kier alpha value is -5.51. The van der Waals surface area contributed by atoms with Gasteiger partial charge in [0.25, 0.3) is 11.5 Å². The van der Waals surface area contributed by atoms with E-state index in [4.69, 9.17) is 25.9 Å². The summed E-state index contributed by atoms with van der Waals surface area (Å²) >= 11 is 5.91. The predicted octanol–water partition coefficient (Wildman–Crippen LogP) is 4.52. The van der Waals surface area contributed by atoms with Crippen LogP contribution in [0.4, 0.5) is 23.7 Å². The molecule has 0 spiro atoms. The van der Waals surface area contributed by atoms with Crippen molar-refractivity contribution in [3.05, 3.63) is 111 Å². The van der Waals surface area contributed by atoms with E-state index in [0.717, 1.165) is 16.7 Å². The number of urea groups is 1. The largest absolute Gasteiger partial charge is 0.655 e. The van der Waals surface area contributed by atoms with Gasteiger partial charge in [-0.2, -0.15) is 13.2 Å². The van der Waals surface area contributed by atoms with Crippen molar-refractivity contribution in [2.24, 2.45) is 0 Å². The number of carbonyl (C=O) groups excluding carboxylic acids is 3. The fourth-order valence-corrected chi connectivity index (χ4v) is 6.06. The number of anilines is 1. The summed E-state index contributed by atoms with van der Waals surface area (Å²) in [7, 11) is -1.29. The number of nitrogens with one attached hydrogen (secondary N) is 4. The fraction of sp³-hybridized carbons (Fsp3) is 0.265.